The summed E-state index contributed by atoms with van der Waals surface area (Å²) in [4.78, 5) is 60.1. The Balaban J connectivity index is 2.01. The molecule has 0 fully saturated rings. The molecule has 1 aromatic carbocycles. The molecule has 0 bridgehead atoms. The molecular formula is C24H31FN6O5. The van der Waals surface area contributed by atoms with Crippen LogP contribution >= 0.6 is 0 Å². The van der Waals surface area contributed by atoms with Gasteiger partial charge in [-0.1, -0.05) is 12.1 Å². The van der Waals surface area contributed by atoms with Gasteiger partial charge in [-0.2, -0.15) is 0 Å². The Kier molecular flexibility index (Phi) is 8.08. The highest BCUT2D eigenvalue weighted by Crippen LogP contribution is 2.25. The molecule has 2 aromatic rings. The molecule has 2 heterocycles. The van der Waals surface area contributed by atoms with Crippen molar-refractivity contribution < 1.29 is 23.9 Å². The van der Waals surface area contributed by atoms with Gasteiger partial charge < -0.3 is 25.1 Å². The Hall–Kier alpha value is -3.80. The minimum absolute atomic E-state index is 0.0164. The summed E-state index contributed by atoms with van der Waals surface area (Å²) in [6.07, 6.45) is 0. The molecule has 3 rings (SSSR count). The zero-order chi connectivity index (χ0) is 26.7. The van der Waals surface area contributed by atoms with Gasteiger partial charge >= 0.3 is 11.8 Å². The Bertz CT molecular complexity index is 1240. The maximum atomic E-state index is 13.5. The lowest BCUT2D eigenvalue weighted by molar-refractivity contribution is -0.152. The maximum Gasteiger partial charge on any atom is 0.312 e. The van der Waals surface area contributed by atoms with E-state index in [-0.39, 0.29) is 37.8 Å². The molecule has 194 valence electrons. The number of carbonyl (C=O) groups is 3. The van der Waals surface area contributed by atoms with Gasteiger partial charge in [-0.05, 0) is 38.1 Å². The summed E-state index contributed by atoms with van der Waals surface area (Å²) in [6, 6.07) is 3.56. The number of rotatable bonds is 5. The number of halogens is 1. The Labute approximate surface area is 208 Å². The monoisotopic (exact) mass is 502 g/mol. The van der Waals surface area contributed by atoms with Gasteiger partial charge in [0.1, 0.15) is 17.7 Å². The molecule has 0 spiro atoms. The number of likely N-dealkylation sites (N-methyl/N-ethyl adjacent to an activating group) is 3. The van der Waals surface area contributed by atoms with E-state index in [1.807, 2.05) is 4.90 Å². The number of aromatic nitrogens is 2. The van der Waals surface area contributed by atoms with Crippen molar-refractivity contribution in [3.8, 4) is 5.75 Å². The van der Waals surface area contributed by atoms with Gasteiger partial charge in [0.15, 0.2) is 5.69 Å². The van der Waals surface area contributed by atoms with Crippen LogP contribution in [-0.4, -0.2) is 87.9 Å². The van der Waals surface area contributed by atoms with Crippen LogP contribution in [0.5, 0.6) is 5.75 Å². The first-order valence-corrected chi connectivity index (χ1v) is 11.5. The summed E-state index contributed by atoms with van der Waals surface area (Å²) in [6.45, 7) is 4.32. The number of hydrogen-bond acceptors (Lipinski definition) is 7. The van der Waals surface area contributed by atoms with Crippen molar-refractivity contribution in [2.75, 3.05) is 40.8 Å². The van der Waals surface area contributed by atoms with Crippen molar-refractivity contribution in [3.63, 3.8) is 0 Å². The molecule has 1 atom stereocenters. The molecule has 1 aliphatic rings. The maximum absolute atomic E-state index is 13.5. The molecule has 1 aliphatic heterocycles. The number of aryl methyl sites for hydroxylation is 1. The standard InChI is InChI=1S/C24H31FN6O5/c1-6-30(24(36)23(35)28(3)4)17-13-29(5)9-10-31-20(17)27-18(19(32)22(31)34)21(33)26-12-15-7-8-16(25)14(2)11-15/h7-8,11,17,32H,6,9-10,12-13H2,1-5H3,(H,26,33). The minimum Gasteiger partial charge on any atom is -0.501 e. The zero-order valence-electron chi connectivity index (χ0n) is 21.0. The van der Waals surface area contributed by atoms with Gasteiger partial charge in [0.25, 0.3) is 11.5 Å². The molecule has 36 heavy (non-hydrogen) atoms. The molecule has 2 N–H and O–H groups in total. The average Bonchev–Trinajstić information content (AvgIpc) is 3.00. The third kappa shape index (κ3) is 5.38. The lowest BCUT2D eigenvalue weighted by Gasteiger charge is -2.32. The van der Waals surface area contributed by atoms with Crippen LogP contribution in [0.3, 0.4) is 0 Å². The van der Waals surface area contributed by atoms with E-state index in [1.54, 1.807) is 27.0 Å². The van der Waals surface area contributed by atoms with Crippen LogP contribution in [0.2, 0.25) is 0 Å². The van der Waals surface area contributed by atoms with Crippen molar-refractivity contribution in [1.82, 2.24) is 29.6 Å². The first kappa shape index (κ1) is 26.8. The van der Waals surface area contributed by atoms with E-state index < -0.39 is 40.8 Å². The first-order chi connectivity index (χ1) is 17.0. The van der Waals surface area contributed by atoms with Crippen LogP contribution < -0.4 is 10.9 Å². The summed E-state index contributed by atoms with van der Waals surface area (Å²) in [5.41, 5.74) is -0.264. The molecule has 0 saturated carbocycles. The molecule has 1 unspecified atom stereocenters. The Morgan fingerprint density at radius 2 is 1.92 bits per heavy atom. The summed E-state index contributed by atoms with van der Waals surface area (Å²) < 4.78 is 14.8. The number of benzene rings is 1. The third-order valence-corrected chi connectivity index (χ3v) is 6.12. The Morgan fingerprint density at radius 1 is 1.22 bits per heavy atom. The Morgan fingerprint density at radius 3 is 2.53 bits per heavy atom. The van der Waals surface area contributed by atoms with E-state index >= 15 is 0 Å². The van der Waals surface area contributed by atoms with Gasteiger partial charge in [-0.3, -0.25) is 23.7 Å². The minimum atomic E-state index is -0.821. The molecule has 3 amide bonds. The number of hydrogen-bond donors (Lipinski definition) is 2. The highest BCUT2D eigenvalue weighted by molar-refractivity contribution is 6.34. The van der Waals surface area contributed by atoms with E-state index in [9.17, 15) is 28.7 Å². The van der Waals surface area contributed by atoms with E-state index in [1.165, 1.54) is 40.6 Å². The van der Waals surface area contributed by atoms with Crippen LogP contribution in [0.15, 0.2) is 23.0 Å². The van der Waals surface area contributed by atoms with Crippen LogP contribution in [0.1, 0.15) is 40.4 Å². The number of fused-ring (bicyclic) bond motifs is 1. The summed E-state index contributed by atoms with van der Waals surface area (Å²) in [5, 5.41) is 13.1. The van der Waals surface area contributed by atoms with E-state index in [2.05, 4.69) is 10.3 Å². The van der Waals surface area contributed by atoms with Crippen molar-refractivity contribution >= 4 is 17.7 Å². The predicted octanol–water partition coefficient (Wildman–Crippen LogP) is 0.250. The smallest absolute Gasteiger partial charge is 0.312 e. The molecule has 0 saturated heterocycles. The van der Waals surface area contributed by atoms with Crippen molar-refractivity contribution in [2.45, 2.75) is 33.0 Å². The van der Waals surface area contributed by atoms with E-state index in [0.29, 0.717) is 17.7 Å². The second-order valence-corrected chi connectivity index (χ2v) is 8.96. The molecule has 0 radical (unpaired) electrons. The van der Waals surface area contributed by atoms with Gasteiger partial charge in [0.2, 0.25) is 5.75 Å². The van der Waals surface area contributed by atoms with E-state index in [4.69, 9.17) is 0 Å². The fraction of sp³-hybridized carbons (Fsp3) is 0.458. The van der Waals surface area contributed by atoms with Crippen molar-refractivity contribution in [3.05, 3.63) is 57.0 Å². The number of amides is 3. The third-order valence-electron chi connectivity index (χ3n) is 6.12. The average molecular weight is 503 g/mol. The van der Waals surface area contributed by atoms with Gasteiger partial charge in [0.05, 0.1) is 0 Å². The van der Waals surface area contributed by atoms with Crippen molar-refractivity contribution in [1.29, 1.82) is 0 Å². The molecule has 11 nitrogen and oxygen atoms in total. The van der Waals surface area contributed by atoms with Crippen LogP contribution in [0.25, 0.3) is 0 Å². The van der Waals surface area contributed by atoms with Crippen LogP contribution in [0.4, 0.5) is 4.39 Å². The summed E-state index contributed by atoms with van der Waals surface area (Å²) in [7, 11) is 4.73. The van der Waals surface area contributed by atoms with Gasteiger partial charge in [0, 0.05) is 46.8 Å². The van der Waals surface area contributed by atoms with E-state index in [0.717, 1.165) is 0 Å². The molecule has 1 aromatic heterocycles. The lowest BCUT2D eigenvalue weighted by Crippen LogP contribution is -2.47. The first-order valence-electron chi connectivity index (χ1n) is 11.5. The van der Waals surface area contributed by atoms with Crippen molar-refractivity contribution in [2.24, 2.45) is 0 Å². The largest absolute Gasteiger partial charge is 0.501 e. The van der Waals surface area contributed by atoms with Gasteiger partial charge in [-0.15, -0.1) is 0 Å². The van der Waals surface area contributed by atoms with Crippen LogP contribution in [-0.2, 0) is 22.7 Å². The van der Waals surface area contributed by atoms with Gasteiger partial charge in [-0.25, -0.2) is 9.37 Å². The normalized spacial score (nSPS) is 15.6. The lowest BCUT2D eigenvalue weighted by atomic mass is 10.1. The summed E-state index contributed by atoms with van der Waals surface area (Å²) >= 11 is 0. The SMILES string of the molecule is CCN(C(=O)C(=O)N(C)C)C1CN(C)CCn2c1nc(C(=O)NCc1ccc(F)c(C)c1)c(O)c2=O. The fourth-order valence-electron chi connectivity index (χ4n) is 4.07. The quantitative estimate of drug-likeness (QED) is 0.561. The summed E-state index contributed by atoms with van der Waals surface area (Å²) in [5.74, 6) is -3.38. The molecule has 12 heteroatoms. The second-order valence-electron chi connectivity index (χ2n) is 8.96. The molecule has 0 aliphatic carbocycles. The number of nitrogens with zero attached hydrogens (tertiary/aromatic N) is 5. The predicted molar refractivity (Wildman–Crippen MR) is 129 cm³/mol. The fourth-order valence-corrected chi connectivity index (χ4v) is 4.07. The zero-order valence-corrected chi connectivity index (χ0v) is 21.0. The number of aromatic hydroxyl groups is 1. The molecular weight excluding hydrogens is 471 g/mol. The van der Waals surface area contributed by atoms with Crippen LogP contribution in [0, 0.1) is 12.7 Å². The highest BCUT2D eigenvalue weighted by atomic mass is 19.1. The number of carbonyl (C=O) groups excluding carboxylic acids is 3. The topological polar surface area (TPSA) is 128 Å². The number of nitrogens with one attached hydrogen (secondary N) is 1. The highest BCUT2D eigenvalue weighted by Gasteiger charge is 2.36. The second kappa shape index (κ2) is 10.9.